The summed E-state index contributed by atoms with van der Waals surface area (Å²) in [5.74, 6) is 1.03. The topological polar surface area (TPSA) is 170 Å². The number of anilines is 4. The van der Waals surface area contributed by atoms with Crippen LogP contribution in [0.15, 0.2) is 94.9 Å². The first-order valence-electron chi connectivity index (χ1n) is 16.3. The van der Waals surface area contributed by atoms with Crippen LogP contribution < -0.4 is 55.7 Å². The monoisotopic (exact) mass is 710 g/mol. The fraction of sp³-hybridized carbons (Fsp3) is 0.103. The smallest absolute Gasteiger partial charge is 0.255 e. The molecule has 14 heteroatoms. The van der Waals surface area contributed by atoms with Crippen molar-refractivity contribution in [3.05, 3.63) is 101 Å². The highest BCUT2D eigenvalue weighted by atomic mass is 16.5. The Bertz CT molecular complexity index is 2430. The minimum atomic E-state index is -0.441. The summed E-state index contributed by atoms with van der Waals surface area (Å²) in [7, 11) is 0. The van der Waals surface area contributed by atoms with Crippen LogP contribution in [0.2, 0.25) is 0 Å². The molecule has 0 saturated carbocycles. The second-order valence-electron chi connectivity index (χ2n) is 11.4. The number of carbonyl (C=O) groups is 3. The average molecular weight is 711 g/mol. The normalized spacial score (nSPS) is 11.4. The summed E-state index contributed by atoms with van der Waals surface area (Å²) >= 11 is 0. The Morgan fingerprint density at radius 3 is 2.08 bits per heavy atom. The number of rotatable bonds is 12. The van der Waals surface area contributed by atoms with Crippen LogP contribution in [-0.4, -0.2) is 31.6 Å². The summed E-state index contributed by atoms with van der Waals surface area (Å²) in [5.41, 5.74) is 1.99. The van der Waals surface area contributed by atoms with Gasteiger partial charge in [-0.15, -0.1) is 0 Å². The van der Waals surface area contributed by atoms with Crippen molar-refractivity contribution >= 4 is 52.3 Å². The number of terminal acetylenes is 1. The number of carbonyl (C=O) groups excluding carboxylic acids is 3. The van der Waals surface area contributed by atoms with E-state index in [1.807, 2.05) is 37.3 Å². The molecule has 5 aromatic rings. The fourth-order valence-corrected chi connectivity index (χ4v) is 5.63. The second-order valence-corrected chi connectivity index (χ2v) is 11.4. The van der Waals surface area contributed by atoms with E-state index in [4.69, 9.17) is 40.1 Å². The number of hydrogen-bond acceptors (Lipinski definition) is 11. The standard InChI is InChI=1S/C39H30N6O8/c1-4-49-29-17-27-31(16-25(29)41-21-51-24-14-10-7-11-15-24)53-38-34(43-27)33(40-20-46)37-36(35(38)42-22(3)47)44-28-18-30(50-5-2)26(19-32(28)52-37)45-39(48)23-12-8-6-9-13-23/h2,6-20,41H,4,21H2,1,3H3,(H,40,46)(H,42,47)(H,45,48). The highest BCUT2D eigenvalue weighted by molar-refractivity contribution is 6.05. The van der Waals surface area contributed by atoms with Crippen LogP contribution in [0, 0.1) is 12.5 Å². The number of para-hydroxylation sites is 1. The lowest BCUT2D eigenvalue weighted by Gasteiger charge is -2.25. The van der Waals surface area contributed by atoms with E-state index >= 15 is 0 Å². The molecule has 2 aliphatic rings. The minimum absolute atomic E-state index is 0.0511. The van der Waals surface area contributed by atoms with Gasteiger partial charge < -0.3 is 45.0 Å². The highest BCUT2D eigenvalue weighted by Crippen LogP contribution is 2.47. The largest absolute Gasteiger partial charge is 0.492 e. The first-order valence-corrected chi connectivity index (χ1v) is 16.3. The zero-order chi connectivity index (χ0) is 36.9. The lowest BCUT2D eigenvalue weighted by molar-refractivity contribution is -0.114. The van der Waals surface area contributed by atoms with Crippen LogP contribution in [0.5, 0.6) is 40.2 Å². The molecule has 0 bridgehead atoms. The Labute approximate surface area is 302 Å². The molecule has 0 unspecified atom stereocenters. The molecule has 53 heavy (non-hydrogen) atoms. The number of amides is 3. The number of hydrogen-bond donors (Lipinski definition) is 4. The summed E-state index contributed by atoms with van der Waals surface area (Å²) < 4.78 is 30.0. The molecular formula is C39H30N6O8. The van der Waals surface area contributed by atoms with Gasteiger partial charge in [0, 0.05) is 36.8 Å². The van der Waals surface area contributed by atoms with Gasteiger partial charge in [0.2, 0.25) is 12.3 Å². The van der Waals surface area contributed by atoms with Gasteiger partial charge in [-0.2, -0.15) is 0 Å². The third kappa shape index (κ3) is 6.94. The average Bonchev–Trinajstić information content (AvgIpc) is 3.16. The van der Waals surface area contributed by atoms with E-state index in [0.29, 0.717) is 47.2 Å². The van der Waals surface area contributed by atoms with E-state index in [1.165, 1.54) is 19.1 Å². The number of fused-ring (bicyclic) bond motifs is 4. The minimum Gasteiger partial charge on any atom is -0.492 e. The van der Waals surface area contributed by atoms with E-state index < -0.39 is 11.8 Å². The van der Waals surface area contributed by atoms with E-state index in [2.05, 4.69) is 27.4 Å². The maximum atomic E-state index is 13.1. The number of nitrogens with one attached hydrogen (secondary N) is 4. The van der Waals surface area contributed by atoms with Gasteiger partial charge in [0.1, 0.15) is 51.1 Å². The van der Waals surface area contributed by atoms with Gasteiger partial charge in [0.15, 0.2) is 35.5 Å². The molecule has 2 heterocycles. The van der Waals surface area contributed by atoms with Crippen molar-refractivity contribution in [1.82, 2.24) is 0 Å². The molecule has 0 radical (unpaired) electrons. The van der Waals surface area contributed by atoms with Crippen LogP contribution in [0.25, 0.3) is 0 Å². The zero-order valence-corrected chi connectivity index (χ0v) is 28.3. The highest BCUT2D eigenvalue weighted by Gasteiger charge is 2.31. The van der Waals surface area contributed by atoms with Crippen LogP contribution in [0.1, 0.15) is 24.2 Å². The molecule has 0 spiro atoms. The molecule has 0 saturated heterocycles. The Morgan fingerprint density at radius 2 is 1.43 bits per heavy atom. The second kappa shape index (κ2) is 14.8. The first-order chi connectivity index (χ1) is 25.9. The van der Waals surface area contributed by atoms with E-state index in [1.54, 1.807) is 42.5 Å². The third-order valence-corrected chi connectivity index (χ3v) is 7.87. The molecule has 3 amide bonds. The van der Waals surface area contributed by atoms with Gasteiger partial charge in [-0.3, -0.25) is 14.4 Å². The molecule has 0 aromatic heterocycles. The molecule has 0 atom stereocenters. The summed E-state index contributed by atoms with van der Waals surface area (Å²) in [6.07, 6.45) is 8.06. The number of benzene rings is 5. The molecular weight excluding hydrogens is 680 g/mol. The van der Waals surface area contributed by atoms with Crippen molar-refractivity contribution in [2.24, 2.45) is 9.98 Å². The maximum absolute atomic E-state index is 13.1. The summed E-state index contributed by atoms with van der Waals surface area (Å²) in [6.45, 7) is 3.65. The quantitative estimate of drug-likeness (QED) is 0.0485. The zero-order valence-electron chi connectivity index (χ0n) is 28.3. The third-order valence-electron chi connectivity index (χ3n) is 7.87. The van der Waals surface area contributed by atoms with Crippen molar-refractivity contribution in [3.63, 3.8) is 0 Å². The Hall–Kier alpha value is -7.53. The van der Waals surface area contributed by atoms with Crippen molar-refractivity contribution in [2.45, 2.75) is 13.8 Å². The SMILES string of the molecule is C#COc1cc2c(cc1NC(=O)c1ccccc1)Oc1c(NC=O)c3c(c(NC(C)=O)c1=N2)Oc1cc(NCOc2ccccc2)c(OCC)cc1N=3. The molecule has 0 fully saturated rings. The molecule has 14 nitrogen and oxygen atoms in total. The lowest BCUT2D eigenvalue weighted by atomic mass is 10.1. The molecule has 2 aliphatic heterocycles. The fourth-order valence-electron chi connectivity index (χ4n) is 5.63. The van der Waals surface area contributed by atoms with Crippen LogP contribution in [0.4, 0.5) is 34.1 Å². The number of ether oxygens (including phenoxy) is 5. The van der Waals surface area contributed by atoms with Crippen molar-refractivity contribution in [2.75, 3.05) is 34.6 Å². The molecule has 264 valence electrons. The van der Waals surface area contributed by atoms with E-state index in [9.17, 15) is 14.4 Å². The summed E-state index contributed by atoms with van der Waals surface area (Å²) in [5, 5.41) is 11.7. The molecule has 7 rings (SSSR count). The summed E-state index contributed by atoms with van der Waals surface area (Å²) in [6, 6.07) is 24.2. The van der Waals surface area contributed by atoms with Gasteiger partial charge in [-0.05, 0) is 31.2 Å². The van der Waals surface area contributed by atoms with Gasteiger partial charge in [0.25, 0.3) is 5.91 Å². The Kier molecular flexibility index (Phi) is 9.45. The van der Waals surface area contributed by atoms with Crippen molar-refractivity contribution in [3.8, 4) is 52.8 Å². The van der Waals surface area contributed by atoms with Crippen molar-refractivity contribution < 1.29 is 38.1 Å². The van der Waals surface area contributed by atoms with Crippen LogP contribution >= 0.6 is 0 Å². The van der Waals surface area contributed by atoms with Gasteiger partial charge in [-0.1, -0.05) is 42.8 Å². The number of nitrogens with zero attached hydrogens (tertiary/aromatic N) is 2. The predicted octanol–water partition coefficient (Wildman–Crippen LogP) is 6.40. The molecule has 4 N–H and O–H groups in total. The van der Waals surface area contributed by atoms with Crippen LogP contribution in [0.3, 0.4) is 0 Å². The lowest BCUT2D eigenvalue weighted by Crippen LogP contribution is -2.28. The Balaban J connectivity index is 1.34. The molecule has 5 aromatic carbocycles. The predicted molar refractivity (Wildman–Crippen MR) is 196 cm³/mol. The van der Waals surface area contributed by atoms with Crippen LogP contribution in [-0.2, 0) is 9.59 Å². The van der Waals surface area contributed by atoms with E-state index in [0.717, 1.165) is 0 Å². The van der Waals surface area contributed by atoms with Crippen molar-refractivity contribution in [1.29, 1.82) is 0 Å². The molecule has 0 aliphatic carbocycles. The maximum Gasteiger partial charge on any atom is 0.255 e. The Morgan fingerprint density at radius 1 is 0.811 bits per heavy atom. The summed E-state index contributed by atoms with van der Waals surface area (Å²) in [4.78, 5) is 47.4. The van der Waals surface area contributed by atoms with Gasteiger partial charge in [0.05, 0.1) is 18.0 Å². The van der Waals surface area contributed by atoms with Gasteiger partial charge in [-0.25, -0.2) is 9.98 Å². The van der Waals surface area contributed by atoms with Gasteiger partial charge >= 0.3 is 0 Å². The first kappa shape index (κ1) is 33.9. The van der Waals surface area contributed by atoms with E-state index in [-0.39, 0.29) is 63.2 Å².